The standard InChI is InChI=1S/C13H13Cl2N3O/c1-18(8-10-6-16-17-7-10)13(19)5-9-2-3-11(14)12(15)4-9/h2-4,6-7H,5,8H2,1H3,(H,16,17). The van der Waals surface area contributed by atoms with Gasteiger partial charge in [-0.1, -0.05) is 29.3 Å². The first-order chi connectivity index (χ1) is 9.06. The molecule has 0 unspecified atom stereocenters. The lowest BCUT2D eigenvalue weighted by molar-refractivity contribution is -0.129. The van der Waals surface area contributed by atoms with Crippen LogP contribution in [0.3, 0.4) is 0 Å². The molecule has 0 saturated carbocycles. The SMILES string of the molecule is CN(Cc1cn[nH]c1)C(=O)Cc1ccc(Cl)c(Cl)c1. The Morgan fingerprint density at radius 2 is 2.11 bits per heavy atom. The molecule has 0 saturated heterocycles. The lowest BCUT2D eigenvalue weighted by atomic mass is 10.1. The van der Waals surface area contributed by atoms with Gasteiger partial charge in [0.15, 0.2) is 0 Å². The Morgan fingerprint density at radius 3 is 2.74 bits per heavy atom. The topological polar surface area (TPSA) is 49.0 Å². The van der Waals surface area contributed by atoms with Gasteiger partial charge in [-0.3, -0.25) is 9.89 Å². The number of hydrogen-bond donors (Lipinski definition) is 1. The largest absolute Gasteiger partial charge is 0.341 e. The fraction of sp³-hybridized carbons (Fsp3) is 0.231. The van der Waals surface area contributed by atoms with Crippen molar-refractivity contribution >= 4 is 29.1 Å². The summed E-state index contributed by atoms with van der Waals surface area (Å²) < 4.78 is 0. The van der Waals surface area contributed by atoms with Crippen molar-refractivity contribution in [2.45, 2.75) is 13.0 Å². The number of amides is 1. The number of nitrogens with zero attached hydrogens (tertiary/aromatic N) is 2. The maximum Gasteiger partial charge on any atom is 0.227 e. The number of carbonyl (C=O) groups is 1. The first-order valence-electron chi connectivity index (χ1n) is 5.72. The van der Waals surface area contributed by atoms with Crippen LogP contribution in [0.4, 0.5) is 0 Å². The molecule has 4 nitrogen and oxygen atoms in total. The van der Waals surface area contributed by atoms with Crippen molar-refractivity contribution in [2.24, 2.45) is 0 Å². The summed E-state index contributed by atoms with van der Waals surface area (Å²) in [5.74, 6) is 0.0135. The number of nitrogens with one attached hydrogen (secondary N) is 1. The van der Waals surface area contributed by atoms with Crippen molar-refractivity contribution in [1.82, 2.24) is 15.1 Å². The number of aromatic amines is 1. The Kier molecular flexibility index (Phi) is 4.45. The number of likely N-dealkylation sites (N-methyl/N-ethyl adjacent to an activating group) is 1. The van der Waals surface area contributed by atoms with Gasteiger partial charge in [-0.15, -0.1) is 0 Å². The van der Waals surface area contributed by atoms with E-state index < -0.39 is 0 Å². The minimum atomic E-state index is 0.0135. The molecule has 0 radical (unpaired) electrons. The summed E-state index contributed by atoms with van der Waals surface area (Å²) >= 11 is 11.8. The second-order valence-corrected chi connectivity index (χ2v) is 5.10. The minimum absolute atomic E-state index is 0.0135. The zero-order chi connectivity index (χ0) is 13.8. The zero-order valence-electron chi connectivity index (χ0n) is 10.4. The van der Waals surface area contributed by atoms with Gasteiger partial charge in [-0.2, -0.15) is 5.10 Å². The Morgan fingerprint density at radius 1 is 1.32 bits per heavy atom. The van der Waals surface area contributed by atoms with E-state index in [4.69, 9.17) is 23.2 Å². The Labute approximate surface area is 121 Å². The third kappa shape index (κ3) is 3.72. The van der Waals surface area contributed by atoms with E-state index in [9.17, 15) is 4.79 Å². The van der Waals surface area contributed by atoms with E-state index in [2.05, 4.69) is 10.2 Å². The van der Waals surface area contributed by atoms with Gasteiger partial charge in [-0.05, 0) is 17.7 Å². The second-order valence-electron chi connectivity index (χ2n) is 4.28. The third-order valence-electron chi connectivity index (χ3n) is 2.74. The van der Waals surface area contributed by atoms with Gasteiger partial charge in [0.2, 0.25) is 5.91 Å². The molecule has 2 rings (SSSR count). The predicted molar refractivity (Wildman–Crippen MR) is 75.2 cm³/mol. The summed E-state index contributed by atoms with van der Waals surface area (Å²) in [6.45, 7) is 0.524. The number of carbonyl (C=O) groups excluding carboxylic acids is 1. The van der Waals surface area contributed by atoms with E-state index in [1.807, 2.05) is 0 Å². The maximum absolute atomic E-state index is 12.1. The van der Waals surface area contributed by atoms with Crippen LogP contribution in [0.1, 0.15) is 11.1 Å². The highest BCUT2D eigenvalue weighted by Crippen LogP contribution is 2.23. The molecule has 1 aromatic heterocycles. The van der Waals surface area contributed by atoms with E-state index >= 15 is 0 Å². The van der Waals surface area contributed by atoms with Gasteiger partial charge in [0, 0.05) is 25.4 Å². The third-order valence-corrected chi connectivity index (χ3v) is 3.48. The van der Waals surface area contributed by atoms with E-state index in [0.717, 1.165) is 11.1 Å². The first-order valence-corrected chi connectivity index (χ1v) is 6.47. The molecule has 100 valence electrons. The highest BCUT2D eigenvalue weighted by Gasteiger charge is 2.11. The number of benzene rings is 1. The molecule has 1 amide bonds. The Balaban J connectivity index is 1.98. The summed E-state index contributed by atoms with van der Waals surface area (Å²) in [6.07, 6.45) is 3.76. The molecular weight excluding hydrogens is 285 g/mol. The smallest absolute Gasteiger partial charge is 0.227 e. The predicted octanol–water partition coefficient (Wildman–Crippen LogP) is 2.92. The van der Waals surface area contributed by atoms with Gasteiger partial charge < -0.3 is 4.90 Å². The first kappa shape index (κ1) is 13.9. The van der Waals surface area contributed by atoms with E-state index in [0.29, 0.717) is 23.0 Å². The molecule has 0 aliphatic carbocycles. The molecular formula is C13H13Cl2N3O. The van der Waals surface area contributed by atoms with Crippen LogP contribution in [0.15, 0.2) is 30.6 Å². The minimum Gasteiger partial charge on any atom is -0.341 e. The Bertz CT molecular complexity index is 569. The van der Waals surface area contributed by atoms with Crippen LogP contribution in [0, 0.1) is 0 Å². The number of rotatable bonds is 4. The summed E-state index contributed by atoms with van der Waals surface area (Å²) in [5, 5.41) is 7.51. The molecule has 0 aliphatic heterocycles. The molecule has 0 aliphatic rings. The van der Waals surface area contributed by atoms with Crippen molar-refractivity contribution in [2.75, 3.05) is 7.05 Å². The molecule has 0 atom stereocenters. The summed E-state index contributed by atoms with van der Waals surface area (Å²) in [7, 11) is 1.76. The zero-order valence-corrected chi connectivity index (χ0v) is 11.9. The lowest BCUT2D eigenvalue weighted by Crippen LogP contribution is -2.27. The van der Waals surface area contributed by atoms with Crippen molar-refractivity contribution in [3.8, 4) is 0 Å². The monoisotopic (exact) mass is 297 g/mol. The Hall–Kier alpha value is -1.52. The molecule has 0 bridgehead atoms. The van der Waals surface area contributed by atoms with Crippen molar-refractivity contribution in [3.63, 3.8) is 0 Å². The van der Waals surface area contributed by atoms with E-state index in [1.165, 1.54) is 0 Å². The molecule has 0 spiro atoms. The molecule has 2 aromatic rings. The number of aromatic nitrogens is 2. The van der Waals surface area contributed by atoms with E-state index in [1.54, 1.807) is 42.5 Å². The van der Waals surface area contributed by atoms with Crippen LogP contribution in [-0.2, 0) is 17.8 Å². The molecule has 1 aromatic carbocycles. The van der Waals surface area contributed by atoms with Gasteiger partial charge in [-0.25, -0.2) is 0 Å². The van der Waals surface area contributed by atoms with Gasteiger partial charge >= 0.3 is 0 Å². The number of hydrogen-bond acceptors (Lipinski definition) is 2. The highest BCUT2D eigenvalue weighted by molar-refractivity contribution is 6.42. The van der Waals surface area contributed by atoms with Crippen molar-refractivity contribution in [3.05, 3.63) is 51.8 Å². The fourth-order valence-corrected chi connectivity index (χ4v) is 2.01. The molecule has 0 fully saturated rings. The van der Waals surface area contributed by atoms with Crippen LogP contribution in [0.25, 0.3) is 0 Å². The van der Waals surface area contributed by atoms with Crippen LogP contribution >= 0.6 is 23.2 Å². The lowest BCUT2D eigenvalue weighted by Gasteiger charge is -2.16. The molecule has 19 heavy (non-hydrogen) atoms. The van der Waals surface area contributed by atoms with Crippen molar-refractivity contribution in [1.29, 1.82) is 0 Å². The van der Waals surface area contributed by atoms with Gasteiger partial charge in [0.1, 0.15) is 0 Å². The summed E-state index contributed by atoms with van der Waals surface area (Å²) in [6, 6.07) is 5.22. The molecule has 1 heterocycles. The average molecular weight is 298 g/mol. The van der Waals surface area contributed by atoms with Crippen LogP contribution in [0.2, 0.25) is 10.0 Å². The van der Waals surface area contributed by atoms with E-state index in [-0.39, 0.29) is 5.91 Å². The van der Waals surface area contributed by atoms with Crippen molar-refractivity contribution < 1.29 is 4.79 Å². The van der Waals surface area contributed by atoms with Crippen LogP contribution in [-0.4, -0.2) is 28.1 Å². The summed E-state index contributed by atoms with van der Waals surface area (Å²) in [4.78, 5) is 13.7. The molecule has 6 heteroatoms. The number of H-pyrrole nitrogens is 1. The summed E-state index contributed by atoms with van der Waals surface area (Å²) in [5.41, 5.74) is 1.81. The average Bonchev–Trinajstić information content (AvgIpc) is 2.86. The molecule has 1 N–H and O–H groups in total. The van der Waals surface area contributed by atoms with Gasteiger partial charge in [0.25, 0.3) is 0 Å². The second kappa shape index (κ2) is 6.08. The normalized spacial score (nSPS) is 10.5. The van der Waals surface area contributed by atoms with Crippen LogP contribution < -0.4 is 0 Å². The number of halogens is 2. The maximum atomic E-state index is 12.1. The quantitative estimate of drug-likeness (QED) is 0.943. The van der Waals surface area contributed by atoms with Gasteiger partial charge in [0.05, 0.1) is 22.7 Å². The van der Waals surface area contributed by atoms with Crippen LogP contribution in [0.5, 0.6) is 0 Å². The highest BCUT2D eigenvalue weighted by atomic mass is 35.5. The fourth-order valence-electron chi connectivity index (χ4n) is 1.69.